The first-order chi connectivity index (χ1) is 14.5. The highest BCUT2D eigenvalue weighted by atomic mass is 16.5. The Morgan fingerprint density at radius 1 is 1.07 bits per heavy atom. The van der Waals surface area contributed by atoms with Gasteiger partial charge in [-0.1, -0.05) is 18.2 Å². The number of aliphatic hydroxyl groups excluding tert-OH is 1. The van der Waals surface area contributed by atoms with Crippen molar-refractivity contribution in [2.24, 2.45) is 0 Å². The molecule has 3 rings (SSSR count). The third-order valence-corrected chi connectivity index (χ3v) is 5.15. The molecule has 1 fully saturated rings. The average Bonchev–Trinajstić information content (AvgIpc) is 2.79. The van der Waals surface area contributed by atoms with Gasteiger partial charge in [0, 0.05) is 31.2 Å². The van der Waals surface area contributed by atoms with E-state index in [1.54, 1.807) is 24.3 Å². The average molecular weight is 412 g/mol. The molecule has 0 spiro atoms. The van der Waals surface area contributed by atoms with Crippen LogP contribution in [0.3, 0.4) is 0 Å². The summed E-state index contributed by atoms with van der Waals surface area (Å²) >= 11 is 0. The van der Waals surface area contributed by atoms with Crippen LogP contribution < -0.4 is 10.1 Å². The van der Waals surface area contributed by atoms with Crippen LogP contribution in [0, 0.1) is 0 Å². The number of esters is 1. The van der Waals surface area contributed by atoms with Crippen LogP contribution in [0.4, 0.5) is 0 Å². The molecular weight excluding hydrogens is 384 g/mol. The van der Waals surface area contributed by atoms with Gasteiger partial charge in [-0.2, -0.15) is 0 Å². The van der Waals surface area contributed by atoms with E-state index >= 15 is 0 Å². The number of likely N-dealkylation sites (tertiary alicyclic amines) is 1. The van der Waals surface area contributed by atoms with E-state index in [-0.39, 0.29) is 18.6 Å². The normalized spacial score (nSPS) is 15.9. The Morgan fingerprint density at radius 2 is 1.73 bits per heavy atom. The molecule has 0 saturated carbocycles. The molecule has 1 saturated heterocycles. The number of nitrogens with one attached hydrogen (secondary N) is 1. The third-order valence-electron chi connectivity index (χ3n) is 5.15. The van der Waals surface area contributed by atoms with Crippen LogP contribution in [0.5, 0.6) is 5.75 Å². The molecule has 1 amide bonds. The summed E-state index contributed by atoms with van der Waals surface area (Å²) in [6, 6.07) is 16.0. The van der Waals surface area contributed by atoms with Gasteiger partial charge in [0.25, 0.3) is 5.91 Å². The van der Waals surface area contributed by atoms with Crippen molar-refractivity contribution in [3.63, 3.8) is 0 Å². The van der Waals surface area contributed by atoms with E-state index in [0.717, 1.165) is 25.9 Å². The molecule has 1 unspecified atom stereocenters. The lowest BCUT2D eigenvalue weighted by Crippen LogP contribution is -2.47. The van der Waals surface area contributed by atoms with Gasteiger partial charge in [-0.25, -0.2) is 4.79 Å². The number of nitrogens with zero attached hydrogens (tertiary/aromatic N) is 1. The van der Waals surface area contributed by atoms with E-state index in [1.807, 2.05) is 30.3 Å². The van der Waals surface area contributed by atoms with Crippen molar-refractivity contribution in [2.75, 3.05) is 33.4 Å². The number of aliphatic hydroxyl groups is 1. The van der Waals surface area contributed by atoms with Crippen molar-refractivity contribution in [1.82, 2.24) is 10.2 Å². The fourth-order valence-electron chi connectivity index (χ4n) is 3.47. The number of β-amino-alcohol motifs (C(OH)–C–C–N with tert-alkyl or cyclic N) is 1. The Balaban J connectivity index is 1.36. The molecule has 0 bridgehead atoms. The summed E-state index contributed by atoms with van der Waals surface area (Å²) in [5.41, 5.74) is 1.12. The van der Waals surface area contributed by atoms with E-state index < -0.39 is 12.1 Å². The predicted molar refractivity (Wildman–Crippen MR) is 113 cm³/mol. The maximum atomic E-state index is 12.3. The summed E-state index contributed by atoms with van der Waals surface area (Å²) < 4.78 is 10.3. The van der Waals surface area contributed by atoms with Gasteiger partial charge >= 0.3 is 5.97 Å². The predicted octanol–water partition coefficient (Wildman–Crippen LogP) is 2.11. The highest BCUT2D eigenvalue weighted by molar-refractivity contribution is 5.94. The maximum Gasteiger partial charge on any atom is 0.337 e. The number of carbonyl (C=O) groups is 2. The van der Waals surface area contributed by atoms with Gasteiger partial charge in [-0.05, 0) is 49.2 Å². The van der Waals surface area contributed by atoms with Gasteiger partial charge in [0.1, 0.15) is 18.5 Å². The molecule has 2 N–H and O–H groups in total. The molecule has 0 aliphatic carbocycles. The molecule has 160 valence electrons. The quantitative estimate of drug-likeness (QED) is 0.646. The van der Waals surface area contributed by atoms with E-state index in [1.165, 1.54) is 7.11 Å². The lowest BCUT2D eigenvalue weighted by molar-refractivity contribution is 0.0566. The van der Waals surface area contributed by atoms with Crippen LogP contribution in [0.2, 0.25) is 0 Å². The summed E-state index contributed by atoms with van der Waals surface area (Å²) in [4.78, 5) is 25.9. The van der Waals surface area contributed by atoms with Crippen LogP contribution in [-0.2, 0) is 4.74 Å². The molecule has 1 heterocycles. The second-order valence-electron chi connectivity index (χ2n) is 7.40. The molecule has 7 heteroatoms. The van der Waals surface area contributed by atoms with Crippen LogP contribution in [0.15, 0.2) is 54.6 Å². The zero-order chi connectivity index (χ0) is 21.3. The number of hydrogen-bond donors (Lipinski definition) is 2. The fraction of sp³-hybridized carbons (Fsp3) is 0.391. The molecule has 0 radical (unpaired) electrons. The second kappa shape index (κ2) is 10.8. The Labute approximate surface area is 176 Å². The van der Waals surface area contributed by atoms with Crippen molar-refractivity contribution >= 4 is 11.9 Å². The Morgan fingerprint density at radius 3 is 2.37 bits per heavy atom. The standard InChI is InChI=1S/C23H28N2O5/c1-29-23(28)18-7-9-21(10-8-18)30-16-20(26)15-25-13-11-19(12-14-25)24-22(27)17-5-3-2-4-6-17/h2-10,19-20,26H,11-16H2,1H3,(H,24,27). The van der Waals surface area contributed by atoms with Crippen molar-refractivity contribution < 1.29 is 24.2 Å². The molecule has 2 aromatic rings. The van der Waals surface area contributed by atoms with Crippen LogP contribution in [-0.4, -0.2) is 67.4 Å². The van der Waals surface area contributed by atoms with Gasteiger partial charge in [0.15, 0.2) is 0 Å². The lowest BCUT2D eigenvalue weighted by atomic mass is 10.0. The monoisotopic (exact) mass is 412 g/mol. The first kappa shape index (κ1) is 21.8. The van der Waals surface area contributed by atoms with Crippen molar-refractivity contribution in [2.45, 2.75) is 25.0 Å². The van der Waals surface area contributed by atoms with E-state index in [2.05, 4.69) is 15.0 Å². The summed E-state index contributed by atoms with van der Waals surface area (Å²) in [6.45, 7) is 2.30. The van der Waals surface area contributed by atoms with E-state index in [0.29, 0.717) is 23.4 Å². The fourth-order valence-corrected chi connectivity index (χ4v) is 3.47. The molecule has 1 aliphatic heterocycles. The van der Waals surface area contributed by atoms with Gasteiger partial charge < -0.3 is 24.8 Å². The smallest absolute Gasteiger partial charge is 0.337 e. The molecule has 0 aromatic heterocycles. The van der Waals surface area contributed by atoms with Gasteiger partial charge in [-0.3, -0.25) is 4.79 Å². The number of rotatable bonds is 8. The number of methoxy groups -OCH3 is 1. The minimum Gasteiger partial charge on any atom is -0.491 e. The Hall–Kier alpha value is -2.90. The molecular formula is C23H28N2O5. The number of carbonyl (C=O) groups excluding carboxylic acids is 2. The summed E-state index contributed by atoms with van der Waals surface area (Å²) in [7, 11) is 1.34. The first-order valence-corrected chi connectivity index (χ1v) is 10.1. The summed E-state index contributed by atoms with van der Waals surface area (Å²) in [5.74, 6) is 0.148. The second-order valence-corrected chi connectivity index (χ2v) is 7.40. The van der Waals surface area contributed by atoms with E-state index in [9.17, 15) is 14.7 Å². The zero-order valence-corrected chi connectivity index (χ0v) is 17.1. The maximum absolute atomic E-state index is 12.3. The zero-order valence-electron chi connectivity index (χ0n) is 17.1. The van der Waals surface area contributed by atoms with Gasteiger partial charge in [-0.15, -0.1) is 0 Å². The number of ether oxygens (including phenoxy) is 2. The number of piperidine rings is 1. The minimum atomic E-state index is -0.624. The number of benzene rings is 2. The van der Waals surface area contributed by atoms with Crippen molar-refractivity contribution in [3.05, 3.63) is 65.7 Å². The third kappa shape index (κ3) is 6.30. The molecule has 7 nitrogen and oxygen atoms in total. The van der Waals surface area contributed by atoms with Gasteiger partial charge in [0.2, 0.25) is 0 Å². The van der Waals surface area contributed by atoms with Crippen LogP contribution >= 0.6 is 0 Å². The van der Waals surface area contributed by atoms with Crippen LogP contribution in [0.25, 0.3) is 0 Å². The molecule has 1 atom stereocenters. The highest BCUT2D eigenvalue weighted by Gasteiger charge is 2.22. The minimum absolute atomic E-state index is 0.0410. The van der Waals surface area contributed by atoms with E-state index in [4.69, 9.17) is 4.74 Å². The lowest BCUT2D eigenvalue weighted by Gasteiger charge is -2.33. The molecule has 2 aromatic carbocycles. The SMILES string of the molecule is COC(=O)c1ccc(OCC(O)CN2CCC(NC(=O)c3ccccc3)CC2)cc1. The topological polar surface area (TPSA) is 88.1 Å². The first-order valence-electron chi connectivity index (χ1n) is 10.1. The molecule has 30 heavy (non-hydrogen) atoms. The Kier molecular flexibility index (Phi) is 7.82. The highest BCUT2D eigenvalue weighted by Crippen LogP contribution is 2.15. The van der Waals surface area contributed by atoms with Crippen molar-refractivity contribution in [1.29, 1.82) is 0 Å². The van der Waals surface area contributed by atoms with Gasteiger partial charge in [0.05, 0.1) is 12.7 Å². The van der Waals surface area contributed by atoms with Crippen LogP contribution in [0.1, 0.15) is 33.6 Å². The largest absolute Gasteiger partial charge is 0.491 e. The molecule has 1 aliphatic rings. The summed E-state index contributed by atoms with van der Waals surface area (Å²) in [6.07, 6.45) is 1.07. The Bertz CT molecular complexity index is 817. The van der Waals surface area contributed by atoms with Crippen molar-refractivity contribution in [3.8, 4) is 5.75 Å². The number of hydrogen-bond acceptors (Lipinski definition) is 6. The summed E-state index contributed by atoms with van der Waals surface area (Å²) in [5, 5.41) is 13.4. The number of amides is 1.